The number of nitrogens with one attached hydrogen (secondary N) is 4. The fourth-order valence-corrected chi connectivity index (χ4v) is 2.73. The van der Waals surface area contributed by atoms with Crippen LogP contribution in [0, 0.1) is 11.8 Å². The summed E-state index contributed by atoms with van der Waals surface area (Å²) in [7, 11) is 0. The highest BCUT2D eigenvalue weighted by molar-refractivity contribution is 5.73. The first-order valence-corrected chi connectivity index (χ1v) is 7.27. The van der Waals surface area contributed by atoms with Gasteiger partial charge in [0.25, 0.3) is 0 Å². The van der Waals surface area contributed by atoms with Crippen molar-refractivity contribution in [1.82, 2.24) is 21.3 Å². The van der Waals surface area contributed by atoms with Gasteiger partial charge in [0.2, 0.25) is 0 Å². The molecule has 2 rings (SSSR count). The van der Waals surface area contributed by atoms with E-state index in [0.717, 1.165) is 39.3 Å². The Morgan fingerprint density at radius 2 is 1.44 bits per heavy atom. The van der Waals surface area contributed by atoms with Crippen LogP contribution in [0.5, 0.6) is 0 Å². The van der Waals surface area contributed by atoms with Crippen LogP contribution in [0.25, 0.3) is 0 Å². The smallest absolute Gasteiger partial charge is 0.314 e. The van der Waals surface area contributed by atoms with Gasteiger partial charge in [-0.1, -0.05) is 0 Å². The molecule has 0 bridgehead atoms. The summed E-state index contributed by atoms with van der Waals surface area (Å²) in [6, 6.07) is -0.00820. The van der Waals surface area contributed by atoms with Crippen molar-refractivity contribution in [3.8, 4) is 0 Å². The Hall–Kier alpha value is -0.810. The summed E-state index contributed by atoms with van der Waals surface area (Å²) in [6.07, 6.45) is 4.89. The molecule has 2 unspecified atom stereocenters. The van der Waals surface area contributed by atoms with Crippen LogP contribution in [-0.4, -0.2) is 45.3 Å². The van der Waals surface area contributed by atoms with Gasteiger partial charge in [-0.25, -0.2) is 4.79 Å². The first-order chi connectivity index (χ1) is 8.84. The number of hydrogen-bond acceptors (Lipinski definition) is 3. The normalized spacial score (nSPS) is 28.7. The zero-order chi connectivity index (χ0) is 12.6. The minimum absolute atomic E-state index is 0.00820. The van der Waals surface area contributed by atoms with E-state index in [0.29, 0.717) is 11.8 Å². The third kappa shape index (κ3) is 4.82. The molecule has 0 aromatic rings. The molecule has 2 atom stereocenters. The second-order valence-electron chi connectivity index (χ2n) is 5.52. The Balaban J connectivity index is 1.54. The molecule has 2 aliphatic rings. The SMILES string of the molecule is O=C(NCC1CCCNC1)NCC1CCCNC1. The zero-order valence-electron chi connectivity index (χ0n) is 11.1. The Morgan fingerprint density at radius 1 is 0.944 bits per heavy atom. The van der Waals surface area contributed by atoms with Gasteiger partial charge in [0, 0.05) is 13.1 Å². The van der Waals surface area contributed by atoms with Gasteiger partial charge in [-0.15, -0.1) is 0 Å². The van der Waals surface area contributed by atoms with E-state index in [-0.39, 0.29) is 6.03 Å². The number of piperidine rings is 2. The second-order valence-corrected chi connectivity index (χ2v) is 5.52. The van der Waals surface area contributed by atoms with Crippen molar-refractivity contribution >= 4 is 6.03 Å². The van der Waals surface area contributed by atoms with Gasteiger partial charge in [0.05, 0.1) is 0 Å². The van der Waals surface area contributed by atoms with E-state index in [4.69, 9.17) is 0 Å². The fraction of sp³-hybridized carbons (Fsp3) is 0.923. The zero-order valence-corrected chi connectivity index (χ0v) is 11.1. The molecular weight excluding hydrogens is 228 g/mol. The molecule has 18 heavy (non-hydrogen) atoms. The van der Waals surface area contributed by atoms with E-state index >= 15 is 0 Å². The minimum Gasteiger partial charge on any atom is -0.338 e. The van der Waals surface area contributed by atoms with Gasteiger partial charge in [0.15, 0.2) is 0 Å². The van der Waals surface area contributed by atoms with Crippen LogP contribution < -0.4 is 21.3 Å². The Labute approximate surface area is 109 Å². The van der Waals surface area contributed by atoms with Crippen LogP contribution in [0.15, 0.2) is 0 Å². The van der Waals surface area contributed by atoms with E-state index in [1.54, 1.807) is 0 Å². The standard InChI is InChI=1S/C13H26N4O/c18-13(16-9-11-3-1-5-14-7-11)17-10-12-4-2-6-15-8-12/h11-12,14-15H,1-10H2,(H2,16,17,18). The number of hydrogen-bond donors (Lipinski definition) is 4. The van der Waals surface area contributed by atoms with Crippen LogP contribution in [0.1, 0.15) is 25.7 Å². The predicted molar refractivity (Wildman–Crippen MR) is 72.6 cm³/mol. The lowest BCUT2D eigenvalue weighted by Crippen LogP contribution is -2.45. The largest absolute Gasteiger partial charge is 0.338 e. The summed E-state index contributed by atoms with van der Waals surface area (Å²) >= 11 is 0. The van der Waals surface area contributed by atoms with Gasteiger partial charge in [0.1, 0.15) is 0 Å². The fourth-order valence-electron chi connectivity index (χ4n) is 2.73. The summed E-state index contributed by atoms with van der Waals surface area (Å²) in [5.41, 5.74) is 0. The van der Waals surface area contributed by atoms with E-state index in [1.807, 2.05) is 0 Å². The van der Waals surface area contributed by atoms with Gasteiger partial charge in [-0.2, -0.15) is 0 Å². The molecule has 2 heterocycles. The number of rotatable bonds is 4. The predicted octanol–water partition coefficient (Wildman–Crippen LogP) is 0.285. The van der Waals surface area contributed by atoms with Crippen molar-refractivity contribution in [1.29, 1.82) is 0 Å². The maximum Gasteiger partial charge on any atom is 0.314 e. The molecule has 0 spiro atoms. The quantitative estimate of drug-likeness (QED) is 0.583. The second kappa shape index (κ2) is 7.59. The van der Waals surface area contributed by atoms with Crippen molar-refractivity contribution in [3.63, 3.8) is 0 Å². The lowest BCUT2D eigenvalue weighted by molar-refractivity contribution is 0.233. The average molecular weight is 254 g/mol. The summed E-state index contributed by atoms with van der Waals surface area (Å²) in [6.45, 7) is 5.90. The maximum absolute atomic E-state index is 11.7. The van der Waals surface area contributed by atoms with Gasteiger partial charge >= 0.3 is 6.03 Å². The summed E-state index contributed by atoms with van der Waals surface area (Å²) in [5, 5.41) is 12.7. The summed E-state index contributed by atoms with van der Waals surface area (Å²) < 4.78 is 0. The lowest BCUT2D eigenvalue weighted by Gasteiger charge is -2.24. The van der Waals surface area contributed by atoms with Crippen molar-refractivity contribution in [3.05, 3.63) is 0 Å². The third-order valence-corrected chi connectivity index (χ3v) is 3.90. The molecule has 104 valence electrons. The van der Waals surface area contributed by atoms with Crippen LogP contribution in [-0.2, 0) is 0 Å². The monoisotopic (exact) mass is 254 g/mol. The molecule has 5 heteroatoms. The highest BCUT2D eigenvalue weighted by atomic mass is 16.2. The minimum atomic E-state index is -0.00820. The van der Waals surface area contributed by atoms with Crippen molar-refractivity contribution in [2.45, 2.75) is 25.7 Å². The topological polar surface area (TPSA) is 65.2 Å². The summed E-state index contributed by atoms with van der Waals surface area (Å²) in [5.74, 6) is 1.20. The van der Waals surface area contributed by atoms with Gasteiger partial charge in [-0.3, -0.25) is 0 Å². The molecule has 0 aliphatic carbocycles. The molecule has 2 amide bonds. The molecule has 5 nitrogen and oxygen atoms in total. The molecule has 0 saturated carbocycles. The van der Waals surface area contributed by atoms with E-state index in [9.17, 15) is 4.79 Å². The molecular formula is C13H26N4O. The maximum atomic E-state index is 11.7. The van der Waals surface area contributed by atoms with Crippen LogP contribution >= 0.6 is 0 Å². The van der Waals surface area contributed by atoms with E-state index < -0.39 is 0 Å². The molecule has 0 radical (unpaired) electrons. The first kappa shape index (κ1) is 13.6. The molecule has 4 N–H and O–H groups in total. The number of carbonyl (C=O) groups excluding carboxylic acids is 1. The van der Waals surface area contributed by atoms with Crippen molar-refractivity contribution in [2.75, 3.05) is 39.3 Å². The van der Waals surface area contributed by atoms with Crippen molar-refractivity contribution < 1.29 is 4.79 Å². The Morgan fingerprint density at radius 3 is 1.83 bits per heavy atom. The molecule has 0 aromatic carbocycles. The van der Waals surface area contributed by atoms with Gasteiger partial charge < -0.3 is 21.3 Å². The molecule has 0 aromatic heterocycles. The van der Waals surface area contributed by atoms with E-state index in [1.165, 1.54) is 25.7 Å². The van der Waals surface area contributed by atoms with Crippen LogP contribution in [0.2, 0.25) is 0 Å². The summed E-state index contributed by atoms with van der Waals surface area (Å²) in [4.78, 5) is 11.7. The molecule has 2 aliphatic heterocycles. The highest BCUT2D eigenvalue weighted by Gasteiger charge is 2.15. The van der Waals surface area contributed by atoms with Gasteiger partial charge in [-0.05, 0) is 63.7 Å². The molecule has 2 fully saturated rings. The Bertz CT molecular complexity index is 223. The average Bonchev–Trinajstić information content (AvgIpc) is 2.45. The third-order valence-electron chi connectivity index (χ3n) is 3.90. The highest BCUT2D eigenvalue weighted by Crippen LogP contribution is 2.09. The lowest BCUT2D eigenvalue weighted by atomic mass is 9.99. The Kier molecular flexibility index (Phi) is 5.74. The number of amides is 2. The van der Waals surface area contributed by atoms with E-state index in [2.05, 4.69) is 21.3 Å². The molecule has 2 saturated heterocycles. The first-order valence-electron chi connectivity index (χ1n) is 7.27. The van der Waals surface area contributed by atoms with Crippen LogP contribution in [0.4, 0.5) is 4.79 Å². The number of urea groups is 1. The van der Waals surface area contributed by atoms with Crippen LogP contribution in [0.3, 0.4) is 0 Å². The number of carbonyl (C=O) groups is 1. The van der Waals surface area contributed by atoms with Crippen molar-refractivity contribution in [2.24, 2.45) is 11.8 Å².